The number of aryl methyl sites for hydroxylation is 2. The minimum Gasteiger partial charge on any atom is -0.379 e. The molecular weight excluding hydrogens is 485 g/mol. The average molecular weight is 519 g/mol. The summed E-state index contributed by atoms with van der Waals surface area (Å²) in [6.45, 7) is 8.09. The zero-order valence-corrected chi connectivity index (χ0v) is 19.7. The Morgan fingerprint density at radius 2 is 2.07 bits per heavy atom. The van der Waals surface area contributed by atoms with Crippen molar-refractivity contribution >= 4 is 29.9 Å². The van der Waals surface area contributed by atoms with Crippen molar-refractivity contribution in [3.63, 3.8) is 0 Å². The summed E-state index contributed by atoms with van der Waals surface area (Å²) in [4.78, 5) is 21.7. The van der Waals surface area contributed by atoms with E-state index in [0.717, 1.165) is 89.9 Å². The van der Waals surface area contributed by atoms with Gasteiger partial charge in [-0.25, -0.2) is 9.48 Å². The number of rotatable bonds is 5. The molecule has 1 aromatic heterocycles. The second kappa shape index (κ2) is 10.8. The third-order valence-corrected chi connectivity index (χ3v) is 6.10. The smallest absolute Gasteiger partial charge is 0.345 e. The van der Waals surface area contributed by atoms with Gasteiger partial charge in [0.1, 0.15) is 5.82 Å². The Bertz CT molecular complexity index is 741. The van der Waals surface area contributed by atoms with Gasteiger partial charge in [-0.3, -0.25) is 14.5 Å². The van der Waals surface area contributed by atoms with Gasteiger partial charge in [0.15, 0.2) is 5.96 Å². The quantitative estimate of drug-likeness (QED) is 0.262. The molecule has 164 valence electrons. The van der Waals surface area contributed by atoms with Crippen molar-refractivity contribution in [3.8, 4) is 0 Å². The van der Waals surface area contributed by atoms with Crippen LogP contribution in [-0.4, -0.2) is 89.1 Å². The molecule has 0 spiro atoms. The molecule has 3 aliphatic heterocycles. The van der Waals surface area contributed by atoms with Gasteiger partial charge in [0.2, 0.25) is 0 Å². The third-order valence-electron chi connectivity index (χ3n) is 6.10. The Balaban J connectivity index is 0.00000240. The summed E-state index contributed by atoms with van der Waals surface area (Å²) in [7, 11) is 1.85. The fraction of sp³-hybridized carbons (Fsp3) is 0.842. The highest BCUT2D eigenvalue weighted by Gasteiger charge is 2.30. The second-order valence-corrected chi connectivity index (χ2v) is 7.90. The lowest BCUT2D eigenvalue weighted by Gasteiger charge is -2.32. The van der Waals surface area contributed by atoms with Gasteiger partial charge < -0.3 is 15.0 Å². The number of halogens is 1. The van der Waals surface area contributed by atoms with Crippen LogP contribution in [0.4, 0.5) is 0 Å². The number of hydrogen-bond acceptors (Lipinski definition) is 5. The van der Waals surface area contributed by atoms with Gasteiger partial charge in [-0.2, -0.15) is 5.10 Å². The molecule has 1 unspecified atom stereocenters. The molecule has 1 aromatic rings. The number of ether oxygens (including phenoxy) is 1. The zero-order chi connectivity index (χ0) is 19.3. The summed E-state index contributed by atoms with van der Waals surface area (Å²) >= 11 is 0. The maximum Gasteiger partial charge on any atom is 0.345 e. The summed E-state index contributed by atoms with van der Waals surface area (Å²) in [6.07, 6.45) is 5.17. The van der Waals surface area contributed by atoms with Gasteiger partial charge >= 0.3 is 5.69 Å². The topological polar surface area (TPSA) is 79.9 Å². The summed E-state index contributed by atoms with van der Waals surface area (Å²) in [5.74, 6) is 1.92. The SMILES string of the molecule is CN=C(NCCCn1nc2n(c1=O)CCCC2)N1CCC(N2CCOCC2)C1.I. The molecule has 9 nitrogen and oxygen atoms in total. The molecule has 0 saturated carbocycles. The first-order chi connectivity index (χ1) is 13.8. The van der Waals surface area contributed by atoms with Crippen LogP contribution in [0.15, 0.2) is 9.79 Å². The summed E-state index contributed by atoms with van der Waals surface area (Å²) in [6, 6.07) is 0.595. The minimum atomic E-state index is 0. The average Bonchev–Trinajstić information content (AvgIpc) is 3.35. The number of aliphatic imine (C=N–C) groups is 1. The van der Waals surface area contributed by atoms with Crippen molar-refractivity contribution in [2.24, 2.45) is 4.99 Å². The van der Waals surface area contributed by atoms with Gasteiger partial charge in [0.25, 0.3) is 0 Å². The highest BCUT2D eigenvalue weighted by Crippen LogP contribution is 2.17. The van der Waals surface area contributed by atoms with E-state index in [4.69, 9.17) is 4.74 Å². The molecule has 1 N–H and O–H groups in total. The predicted octanol–water partition coefficient (Wildman–Crippen LogP) is 0.371. The Morgan fingerprint density at radius 1 is 1.24 bits per heavy atom. The van der Waals surface area contributed by atoms with Crippen molar-refractivity contribution in [1.29, 1.82) is 0 Å². The predicted molar refractivity (Wildman–Crippen MR) is 123 cm³/mol. The lowest BCUT2D eigenvalue weighted by molar-refractivity contribution is 0.0195. The number of guanidine groups is 1. The van der Waals surface area contributed by atoms with Crippen molar-refractivity contribution in [2.45, 2.75) is 51.2 Å². The molecule has 0 aliphatic carbocycles. The van der Waals surface area contributed by atoms with Gasteiger partial charge in [-0.05, 0) is 25.7 Å². The van der Waals surface area contributed by atoms with E-state index >= 15 is 0 Å². The molecule has 0 radical (unpaired) electrons. The van der Waals surface area contributed by atoms with Crippen molar-refractivity contribution < 1.29 is 4.74 Å². The number of aromatic nitrogens is 3. The van der Waals surface area contributed by atoms with E-state index in [2.05, 4.69) is 25.2 Å². The molecular formula is C19H34IN7O2. The fourth-order valence-corrected chi connectivity index (χ4v) is 4.53. The van der Waals surface area contributed by atoms with Gasteiger partial charge in [0.05, 0.1) is 13.2 Å². The van der Waals surface area contributed by atoms with Crippen LogP contribution in [-0.2, 0) is 24.2 Å². The third kappa shape index (κ3) is 5.32. The van der Waals surface area contributed by atoms with Gasteiger partial charge in [0, 0.05) is 65.3 Å². The second-order valence-electron chi connectivity index (χ2n) is 7.90. The monoisotopic (exact) mass is 519 g/mol. The van der Waals surface area contributed by atoms with E-state index < -0.39 is 0 Å². The largest absolute Gasteiger partial charge is 0.379 e. The highest BCUT2D eigenvalue weighted by molar-refractivity contribution is 14.0. The number of morpholine rings is 1. The van der Waals surface area contributed by atoms with E-state index in [1.807, 2.05) is 11.6 Å². The van der Waals surface area contributed by atoms with Gasteiger partial charge in [-0.1, -0.05) is 0 Å². The van der Waals surface area contributed by atoms with Crippen LogP contribution in [0.2, 0.25) is 0 Å². The minimum absolute atomic E-state index is 0. The van der Waals surface area contributed by atoms with Crippen molar-refractivity contribution in [3.05, 3.63) is 16.3 Å². The molecule has 4 rings (SSSR count). The lowest BCUT2D eigenvalue weighted by Crippen LogP contribution is -2.46. The number of hydrogen-bond donors (Lipinski definition) is 1. The van der Waals surface area contributed by atoms with Crippen LogP contribution in [0.5, 0.6) is 0 Å². The lowest BCUT2D eigenvalue weighted by atomic mass is 10.2. The van der Waals surface area contributed by atoms with E-state index in [9.17, 15) is 4.79 Å². The molecule has 29 heavy (non-hydrogen) atoms. The highest BCUT2D eigenvalue weighted by atomic mass is 127. The maximum absolute atomic E-state index is 12.4. The molecule has 3 aliphatic rings. The van der Waals surface area contributed by atoms with E-state index in [1.165, 1.54) is 6.42 Å². The zero-order valence-electron chi connectivity index (χ0n) is 17.4. The van der Waals surface area contributed by atoms with E-state index in [1.54, 1.807) is 4.68 Å². The molecule has 0 bridgehead atoms. The first-order valence-corrected chi connectivity index (χ1v) is 10.7. The molecule has 2 fully saturated rings. The Labute approximate surface area is 189 Å². The molecule has 0 aromatic carbocycles. The first kappa shape index (κ1) is 22.5. The molecule has 1 atom stereocenters. The van der Waals surface area contributed by atoms with Gasteiger partial charge in [-0.15, -0.1) is 24.0 Å². The summed E-state index contributed by atoms with van der Waals surface area (Å²) in [5.41, 5.74) is 0.0481. The van der Waals surface area contributed by atoms with Crippen LogP contribution >= 0.6 is 24.0 Å². The Morgan fingerprint density at radius 3 is 2.83 bits per heavy atom. The molecule has 2 saturated heterocycles. The summed E-state index contributed by atoms with van der Waals surface area (Å²) in [5, 5.41) is 7.98. The Kier molecular flexibility index (Phi) is 8.36. The fourth-order valence-electron chi connectivity index (χ4n) is 4.53. The van der Waals surface area contributed by atoms with Crippen LogP contribution in [0.3, 0.4) is 0 Å². The number of likely N-dealkylation sites (tertiary alicyclic amines) is 1. The van der Waals surface area contributed by atoms with Crippen molar-refractivity contribution in [1.82, 2.24) is 29.5 Å². The van der Waals surface area contributed by atoms with Crippen LogP contribution in [0.1, 0.15) is 31.5 Å². The Hall–Kier alpha value is -1.14. The number of nitrogens with zero attached hydrogens (tertiary/aromatic N) is 6. The molecule has 4 heterocycles. The maximum atomic E-state index is 12.4. The van der Waals surface area contributed by atoms with Crippen molar-refractivity contribution in [2.75, 3.05) is 53.0 Å². The first-order valence-electron chi connectivity index (χ1n) is 10.7. The number of nitrogens with one attached hydrogen (secondary N) is 1. The van der Waals surface area contributed by atoms with Crippen LogP contribution in [0.25, 0.3) is 0 Å². The number of fused-ring (bicyclic) bond motifs is 1. The summed E-state index contributed by atoms with van der Waals surface area (Å²) < 4.78 is 8.94. The molecule has 0 amide bonds. The van der Waals surface area contributed by atoms with E-state index in [-0.39, 0.29) is 29.7 Å². The van der Waals surface area contributed by atoms with E-state index in [0.29, 0.717) is 12.6 Å². The molecule has 10 heteroatoms. The normalized spacial score (nSPS) is 23.0. The van der Waals surface area contributed by atoms with Crippen LogP contribution in [0, 0.1) is 0 Å². The standard InChI is InChI=1S/C19H33N7O2.HI/c1-20-18(24-10-6-16(15-24)23-11-13-28-14-12-23)21-7-4-9-26-19(27)25-8-3-2-5-17(25)22-26;/h16H,2-15H2,1H3,(H,20,21);1H. The van der Waals surface area contributed by atoms with Crippen LogP contribution < -0.4 is 11.0 Å².